The van der Waals surface area contributed by atoms with Crippen LogP contribution in [0.1, 0.15) is 12.0 Å². The van der Waals surface area contributed by atoms with Crippen LogP contribution in [0.3, 0.4) is 0 Å². The molecule has 10 heteroatoms. The number of ether oxygens (including phenoxy) is 2. The standard InChI is InChI=1S/C24H32N6O4/c1-33-22-16-20(7-8-21(22)30(26)18-27-25)17-23(31)29-13-11-28(12-14-29)10-9-19-4-2-6-24(32)34-15-3-5-19/h2-8,16,18H,9-15,17,25-26H2,1H3/p+1/b5-3+,6-2+,19-4+. The highest BCUT2D eigenvalue weighted by molar-refractivity contribution is 5.82. The zero-order valence-electron chi connectivity index (χ0n) is 19.5. The number of carbonyl (C=O) groups excluding carboxylic acids is 2. The number of rotatable bonds is 8. The van der Waals surface area contributed by atoms with Crippen molar-refractivity contribution in [2.75, 3.05) is 46.4 Å². The van der Waals surface area contributed by atoms with E-state index in [-0.39, 0.29) is 18.5 Å². The van der Waals surface area contributed by atoms with Gasteiger partial charge in [-0.05, 0) is 35.8 Å². The number of methoxy groups -OCH3 is 1. The van der Waals surface area contributed by atoms with Crippen molar-refractivity contribution in [1.29, 1.82) is 0 Å². The summed E-state index contributed by atoms with van der Waals surface area (Å²) in [4.78, 5) is 28.5. The number of cyclic esters (lactones) is 1. The number of piperazine rings is 1. The molecular weight excluding hydrogens is 436 g/mol. The number of hydrogen-bond donors (Lipinski definition) is 3. The van der Waals surface area contributed by atoms with E-state index in [1.54, 1.807) is 19.3 Å². The van der Waals surface area contributed by atoms with Crippen molar-refractivity contribution in [2.24, 2.45) is 11.7 Å². The number of amides is 1. The van der Waals surface area contributed by atoms with E-state index in [0.717, 1.165) is 37.2 Å². The summed E-state index contributed by atoms with van der Waals surface area (Å²) in [5.41, 5.74) is 5.00. The first-order valence-electron chi connectivity index (χ1n) is 11.2. The van der Waals surface area contributed by atoms with E-state index >= 15 is 0 Å². The number of hydrazone groups is 1. The van der Waals surface area contributed by atoms with Crippen molar-refractivity contribution in [3.05, 3.63) is 59.7 Å². The molecule has 1 fully saturated rings. The van der Waals surface area contributed by atoms with Gasteiger partial charge in [0, 0.05) is 38.8 Å². The topological polar surface area (TPSA) is 126 Å². The molecule has 0 aliphatic carbocycles. The predicted molar refractivity (Wildman–Crippen MR) is 129 cm³/mol. The Labute approximate surface area is 199 Å². The maximum Gasteiger partial charge on any atom is 0.331 e. The van der Waals surface area contributed by atoms with E-state index < -0.39 is 0 Å². The number of benzene rings is 1. The SMILES string of the molecule is COc1cc(CC(=O)N2CCN(CCC3=C/C=C/C(=O)OC\C=C\3)CC2)ccc1/[N+](N)=C/NN. The van der Waals surface area contributed by atoms with Crippen LogP contribution in [0, 0.1) is 0 Å². The first-order valence-corrected chi connectivity index (χ1v) is 11.2. The van der Waals surface area contributed by atoms with Crippen molar-refractivity contribution in [2.45, 2.75) is 12.8 Å². The number of nitrogens with two attached hydrogens (primary N) is 2. The Morgan fingerprint density at radius 3 is 2.79 bits per heavy atom. The Kier molecular flexibility index (Phi) is 9.24. The molecule has 34 heavy (non-hydrogen) atoms. The van der Waals surface area contributed by atoms with Crippen LogP contribution in [0.2, 0.25) is 0 Å². The van der Waals surface area contributed by atoms with Crippen LogP contribution in [0.25, 0.3) is 0 Å². The zero-order valence-corrected chi connectivity index (χ0v) is 19.5. The fourth-order valence-electron chi connectivity index (χ4n) is 3.84. The molecule has 0 radical (unpaired) electrons. The Balaban J connectivity index is 1.49. The highest BCUT2D eigenvalue weighted by Gasteiger charge is 2.22. The quantitative estimate of drug-likeness (QED) is 0.125. The minimum Gasteiger partial charge on any atom is -0.492 e. The number of nitrogens with zero attached hydrogens (tertiary/aromatic N) is 3. The first-order chi connectivity index (χ1) is 16.5. The summed E-state index contributed by atoms with van der Waals surface area (Å²) in [6.45, 7) is 4.21. The highest BCUT2D eigenvalue weighted by atomic mass is 16.5. The van der Waals surface area contributed by atoms with Crippen LogP contribution >= 0.6 is 0 Å². The number of hydrazine groups is 2. The third-order valence-electron chi connectivity index (χ3n) is 5.73. The third-order valence-corrected chi connectivity index (χ3v) is 5.73. The lowest BCUT2D eigenvalue weighted by Crippen LogP contribution is -2.49. The molecule has 0 saturated carbocycles. The van der Waals surface area contributed by atoms with Gasteiger partial charge in [-0.3, -0.25) is 15.5 Å². The van der Waals surface area contributed by atoms with Gasteiger partial charge in [0.25, 0.3) is 6.34 Å². The van der Waals surface area contributed by atoms with Crippen LogP contribution in [0.4, 0.5) is 5.69 Å². The predicted octanol–water partition coefficient (Wildman–Crippen LogP) is 0.377. The van der Waals surface area contributed by atoms with Crippen LogP contribution in [0.15, 0.2) is 54.2 Å². The van der Waals surface area contributed by atoms with Gasteiger partial charge in [0.05, 0.1) is 13.5 Å². The van der Waals surface area contributed by atoms with E-state index in [0.29, 0.717) is 30.9 Å². The van der Waals surface area contributed by atoms with Gasteiger partial charge >= 0.3 is 5.97 Å². The van der Waals surface area contributed by atoms with Crippen molar-refractivity contribution >= 4 is 23.9 Å². The van der Waals surface area contributed by atoms with Crippen LogP contribution in [-0.4, -0.2) is 79.1 Å². The van der Waals surface area contributed by atoms with Gasteiger partial charge < -0.3 is 14.4 Å². The molecule has 2 heterocycles. The molecule has 0 bridgehead atoms. The molecule has 1 aromatic rings. The molecule has 3 rings (SSSR count). The summed E-state index contributed by atoms with van der Waals surface area (Å²) < 4.78 is 11.7. The van der Waals surface area contributed by atoms with Gasteiger partial charge in [-0.2, -0.15) is 5.84 Å². The van der Waals surface area contributed by atoms with E-state index in [4.69, 9.17) is 21.2 Å². The second kappa shape index (κ2) is 12.6. The minimum atomic E-state index is -0.332. The lowest BCUT2D eigenvalue weighted by atomic mass is 10.1. The second-order valence-corrected chi connectivity index (χ2v) is 7.99. The molecule has 1 amide bonds. The average molecular weight is 470 g/mol. The lowest BCUT2D eigenvalue weighted by Gasteiger charge is -2.35. The second-order valence-electron chi connectivity index (χ2n) is 7.99. The fraction of sp³-hybridized carbons (Fsp3) is 0.375. The first kappa shape index (κ1) is 25.0. The minimum absolute atomic E-state index is 0.0889. The molecule has 10 nitrogen and oxygen atoms in total. The van der Waals surface area contributed by atoms with Gasteiger partial charge in [-0.1, -0.05) is 24.3 Å². The molecule has 1 aromatic carbocycles. The molecule has 0 atom stereocenters. The highest BCUT2D eigenvalue weighted by Crippen LogP contribution is 2.27. The van der Waals surface area contributed by atoms with Gasteiger partial charge in [0.15, 0.2) is 11.4 Å². The van der Waals surface area contributed by atoms with Crippen molar-refractivity contribution < 1.29 is 23.7 Å². The van der Waals surface area contributed by atoms with Crippen molar-refractivity contribution in [3.63, 3.8) is 0 Å². The fourth-order valence-corrected chi connectivity index (χ4v) is 3.84. The van der Waals surface area contributed by atoms with E-state index in [1.165, 1.54) is 17.1 Å². The average Bonchev–Trinajstić information content (AvgIpc) is 2.94. The van der Waals surface area contributed by atoms with Crippen LogP contribution in [0.5, 0.6) is 5.75 Å². The largest absolute Gasteiger partial charge is 0.492 e. The van der Waals surface area contributed by atoms with Crippen molar-refractivity contribution in [1.82, 2.24) is 15.2 Å². The van der Waals surface area contributed by atoms with Gasteiger partial charge in [0.2, 0.25) is 5.91 Å². The number of nitrogens with one attached hydrogen (secondary N) is 1. The summed E-state index contributed by atoms with van der Waals surface area (Å²) in [6.07, 6.45) is 11.5. The molecular formula is C24H33N6O4+. The molecule has 0 aromatic heterocycles. The van der Waals surface area contributed by atoms with Gasteiger partial charge in [-0.15, -0.1) is 4.68 Å². The van der Waals surface area contributed by atoms with Crippen LogP contribution in [-0.2, 0) is 20.7 Å². The third kappa shape index (κ3) is 7.19. The Morgan fingerprint density at radius 2 is 2.06 bits per heavy atom. The molecule has 2 aliphatic heterocycles. The molecule has 0 unspecified atom stereocenters. The normalized spacial score (nSPS) is 20.8. The number of esters is 1. The summed E-state index contributed by atoms with van der Waals surface area (Å²) >= 11 is 0. The summed E-state index contributed by atoms with van der Waals surface area (Å²) in [5, 5.41) is 0. The van der Waals surface area contributed by atoms with E-state index in [2.05, 4.69) is 10.3 Å². The Hall–Kier alpha value is -3.63. The van der Waals surface area contributed by atoms with Crippen molar-refractivity contribution in [3.8, 4) is 5.75 Å². The van der Waals surface area contributed by atoms with Gasteiger partial charge in [-0.25, -0.2) is 10.2 Å². The Morgan fingerprint density at radius 1 is 1.26 bits per heavy atom. The monoisotopic (exact) mass is 469 g/mol. The number of hydrogen-bond acceptors (Lipinski definition) is 7. The summed E-state index contributed by atoms with van der Waals surface area (Å²) in [6, 6.07) is 5.48. The molecule has 2 aliphatic rings. The lowest BCUT2D eigenvalue weighted by molar-refractivity contribution is -0.450. The molecule has 0 spiro atoms. The van der Waals surface area contributed by atoms with Crippen LogP contribution < -0.4 is 21.8 Å². The molecule has 182 valence electrons. The summed E-state index contributed by atoms with van der Waals surface area (Å²) in [7, 11) is 1.56. The Bertz CT molecular complexity index is 993. The number of carbonyl (C=O) groups is 2. The molecule has 1 saturated heterocycles. The maximum atomic E-state index is 12.9. The molecule has 5 N–H and O–H groups in total. The number of allylic oxidation sites excluding steroid dienone is 3. The maximum absolute atomic E-state index is 12.9. The summed E-state index contributed by atoms with van der Waals surface area (Å²) in [5.74, 6) is 11.5. The van der Waals surface area contributed by atoms with Gasteiger partial charge in [0.1, 0.15) is 6.61 Å². The zero-order chi connectivity index (χ0) is 24.3. The smallest absolute Gasteiger partial charge is 0.331 e. The van der Waals surface area contributed by atoms with E-state index in [9.17, 15) is 9.59 Å². The van der Waals surface area contributed by atoms with E-state index in [1.807, 2.05) is 35.3 Å².